The normalized spacial score (nSPS) is 12.4. The minimum atomic E-state index is -3.74. The van der Waals surface area contributed by atoms with Gasteiger partial charge in [-0.1, -0.05) is 30.3 Å². The zero-order chi connectivity index (χ0) is 24.9. The lowest BCUT2D eigenvalue weighted by Gasteiger charge is -2.32. The van der Waals surface area contributed by atoms with Crippen molar-refractivity contribution in [3.8, 4) is 0 Å². The summed E-state index contributed by atoms with van der Waals surface area (Å²) < 4.78 is 26.3. The number of amides is 2. The molecule has 2 rings (SSSR count). The second-order valence-electron chi connectivity index (χ2n) is 8.83. The topological polar surface area (TPSA) is 86.8 Å². The quantitative estimate of drug-likeness (QED) is 0.605. The number of nitrogens with one attached hydrogen (secondary N) is 1. The molecule has 1 N–H and O–H groups in total. The standard InChI is InChI=1S/C25H35N3O4S/c1-17(2)26-25(30)21(6)27(15-22-11-9-8-10-19(22)4)24(29)16-28(33(7,31)32)23-13-12-18(3)20(5)14-23/h8-14,17,21H,15-16H2,1-7H3,(H,26,30)/t21-/m1/s1. The van der Waals surface area contributed by atoms with E-state index in [1.54, 1.807) is 19.1 Å². The smallest absolute Gasteiger partial charge is 0.244 e. The Morgan fingerprint density at radius 3 is 2.12 bits per heavy atom. The summed E-state index contributed by atoms with van der Waals surface area (Å²) in [5, 5.41) is 2.84. The Morgan fingerprint density at radius 1 is 0.939 bits per heavy atom. The highest BCUT2D eigenvalue weighted by Gasteiger charge is 2.30. The van der Waals surface area contributed by atoms with Crippen LogP contribution >= 0.6 is 0 Å². The molecule has 0 aromatic heterocycles. The van der Waals surface area contributed by atoms with Gasteiger partial charge in [0, 0.05) is 12.6 Å². The van der Waals surface area contributed by atoms with Crippen LogP contribution in [0.2, 0.25) is 0 Å². The lowest BCUT2D eigenvalue weighted by Crippen LogP contribution is -2.52. The van der Waals surface area contributed by atoms with Crippen LogP contribution in [0.3, 0.4) is 0 Å². The predicted molar refractivity (Wildman–Crippen MR) is 133 cm³/mol. The van der Waals surface area contributed by atoms with E-state index in [9.17, 15) is 18.0 Å². The number of benzene rings is 2. The molecule has 0 spiro atoms. The Balaban J connectivity index is 2.43. The van der Waals surface area contributed by atoms with Gasteiger partial charge in [-0.05, 0) is 75.9 Å². The van der Waals surface area contributed by atoms with Crippen LogP contribution in [-0.4, -0.2) is 50.0 Å². The Bertz CT molecular complexity index is 1110. The fraction of sp³-hybridized carbons (Fsp3) is 0.440. The first-order valence-electron chi connectivity index (χ1n) is 11.0. The van der Waals surface area contributed by atoms with Gasteiger partial charge in [-0.3, -0.25) is 13.9 Å². The summed E-state index contributed by atoms with van der Waals surface area (Å²) in [5.41, 5.74) is 4.26. The van der Waals surface area contributed by atoms with Gasteiger partial charge in [0.1, 0.15) is 12.6 Å². The predicted octanol–water partition coefficient (Wildman–Crippen LogP) is 3.32. The summed E-state index contributed by atoms with van der Waals surface area (Å²) in [6.45, 7) is 10.9. The summed E-state index contributed by atoms with van der Waals surface area (Å²) >= 11 is 0. The molecule has 2 aromatic carbocycles. The maximum atomic E-state index is 13.5. The van der Waals surface area contributed by atoms with Crippen LogP contribution in [0.25, 0.3) is 0 Å². The molecule has 33 heavy (non-hydrogen) atoms. The fourth-order valence-electron chi connectivity index (χ4n) is 3.45. The summed E-state index contributed by atoms with van der Waals surface area (Å²) in [5.74, 6) is -0.739. The summed E-state index contributed by atoms with van der Waals surface area (Å²) in [7, 11) is -3.74. The molecule has 180 valence electrons. The van der Waals surface area contributed by atoms with Gasteiger partial charge in [0.05, 0.1) is 11.9 Å². The molecule has 8 heteroatoms. The molecule has 0 aliphatic carbocycles. The van der Waals surface area contributed by atoms with Crippen molar-refractivity contribution in [2.75, 3.05) is 17.1 Å². The minimum absolute atomic E-state index is 0.0848. The first-order chi connectivity index (χ1) is 15.3. The third kappa shape index (κ3) is 7.05. The van der Waals surface area contributed by atoms with E-state index >= 15 is 0 Å². The number of hydrogen-bond acceptors (Lipinski definition) is 4. The van der Waals surface area contributed by atoms with Gasteiger partial charge < -0.3 is 10.2 Å². The Kier molecular flexibility index (Phi) is 8.66. The second-order valence-corrected chi connectivity index (χ2v) is 10.7. The number of sulfonamides is 1. The van der Waals surface area contributed by atoms with Gasteiger partial charge in [-0.25, -0.2) is 8.42 Å². The maximum Gasteiger partial charge on any atom is 0.244 e. The molecule has 0 bridgehead atoms. The van der Waals surface area contributed by atoms with Crippen molar-refractivity contribution < 1.29 is 18.0 Å². The van der Waals surface area contributed by atoms with Crippen LogP contribution in [0.1, 0.15) is 43.0 Å². The molecule has 0 saturated carbocycles. The van der Waals surface area contributed by atoms with Gasteiger partial charge in [0.15, 0.2) is 0 Å². The van der Waals surface area contributed by atoms with E-state index in [1.807, 2.05) is 65.0 Å². The van der Waals surface area contributed by atoms with Gasteiger partial charge in [-0.2, -0.15) is 0 Å². The summed E-state index contributed by atoms with van der Waals surface area (Å²) in [4.78, 5) is 27.7. The highest BCUT2D eigenvalue weighted by molar-refractivity contribution is 7.92. The van der Waals surface area contributed by atoms with Crippen molar-refractivity contribution in [2.24, 2.45) is 0 Å². The minimum Gasteiger partial charge on any atom is -0.352 e. The molecule has 0 heterocycles. The largest absolute Gasteiger partial charge is 0.352 e. The van der Waals surface area contributed by atoms with E-state index in [0.29, 0.717) is 5.69 Å². The van der Waals surface area contributed by atoms with Crippen LogP contribution in [-0.2, 0) is 26.2 Å². The van der Waals surface area contributed by atoms with Crippen molar-refractivity contribution in [3.63, 3.8) is 0 Å². The highest BCUT2D eigenvalue weighted by atomic mass is 32.2. The average Bonchev–Trinajstić information content (AvgIpc) is 2.71. The zero-order valence-electron chi connectivity index (χ0n) is 20.5. The van der Waals surface area contributed by atoms with Crippen LogP contribution in [0.15, 0.2) is 42.5 Å². The van der Waals surface area contributed by atoms with Crippen molar-refractivity contribution >= 4 is 27.5 Å². The lowest BCUT2D eigenvalue weighted by molar-refractivity contribution is -0.139. The van der Waals surface area contributed by atoms with Gasteiger partial charge >= 0.3 is 0 Å². The van der Waals surface area contributed by atoms with E-state index in [4.69, 9.17) is 0 Å². The van der Waals surface area contributed by atoms with E-state index in [2.05, 4.69) is 5.32 Å². The fourth-order valence-corrected chi connectivity index (χ4v) is 4.29. The monoisotopic (exact) mass is 473 g/mol. The Labute approximate surface area is 197 Å². The van der Waals surface area contributed by atoms with Gasteiger partial charge in [0.2, 0.25) is 21.8 Å². The van der Waals surface area contributed by atoms with E-state index in [1.165, 1.54) is 4.90 Å². The number of nitrogens with zero attached hydrogens (tertiary/aromatic N) is 2. The van der Waals surface area contributed by atoms with Crippen molar-refractivity contribution in [1.82, 2.24) is 10.2 Å². The first kappa shape index (κ1) is 26.4. The van der Waals surface area contributed by atoms with E-state index in [0.717, 1.165) is 32.8 Å². The van der Waals surface area contributed by atoms with Crippen molar-refractivity contribution in [1.29, 1.82) is 0 Å². The van der Waals surface area contributed by atoms with Crippen LogP contribution in [0.4, 0.5) is 5.69 Å². The maximum absolute atomic E-state index is 13.5. The SMILES string of the molecule is Cc1ccc(N(CC(=O)N(Cc2ccccc2C)[C@H](C)C(=O)NC(C)C)S(C)(=O)=O)cc1C. The van der Waals surface area contributed by atoms with Crippen LogP contribution < -0.4 is 9.62 Å². The lowest BCUT2D eigenvalue weighted by atomic mass is 10.1. The molecule has 0 aliphatic heterocycles. The molecule has 0 saturated heterocycles. The molecule has 1 atom stereocenters. The third-order valence-corrected chi connectivity index (χ3v) is 6.80. The van der Waals surface area contributed by atoms with Crippen LogP contribution in [0, 0.1) is 20.8 Å². The molecular formula is C25H35N3O4S. The van der Waals surface area contributed by atoms with Gasteiger partial charge in [0.25, 0.3) is 0 Å². The van der Waals surface area contributed by atoms with Crippen LogP contribution in [0.5, 0.6) is 0 Å². The number of anilines is 1. The molecule has 7 nitrogen and oxygen atoms in total. The molecule has 0 aliphatic rings. The number of carbonyl (C=O) groups is 2. The average molecular weight is 474 g/mol. The molecule has 0 unspecified atom stereocenters. The number of hydrogen-bond donors (Lipinski definition) is 1. The Hall–Kier alpha value is -2.87. The molecule has 0 fully saturated rings. The molecular weight excluding hydrogens is 438 g/mol. The zero-order valence-corrected chi connectivity index (χ0v) is 21.4. The number of rotatable bonds is 9. The van der Waals surface area contributed by atoms with E-state index in [-0.39, 0.29) is 18.5 Å². The third-order valence-electron chi connectivity index (χ3n) is 5.66. The van der Waals surface area contributed by atoms with Crippen molar-refractivity contribution in [2.45, 2.75) is 60.2 Å². The Morgan fingerprint density at radius 2 is 1.58 bits per heavy atom. The number of aryl methyl sites for hydroxylation is 3. The summed E-state index contributed by atoms with van der Waals surface area (Å²) in [6.07, 6.45) is 1.08. The molecule has 2 aromatic rings. The van der Waals surface area contributed by atoms with Crippen molar-refractivity contribution in [3.05, 3.63) is 64.7 Å². The van der Waals surface area contributed by atoms with Gasteiger partial charge in [-0.15, -0.1) is 0 Å². The van der Waals surface area contributed by atoms with E-state index < -0.39 is 28.5 Å². The molecule has 2 amide bonds. The first-order valence-corrected chi connectivity index (χ1v) is 12.9. The highest BCUT2D eigenvalue weighted by Crippen LogP contribution is 2.22. The second kappa shape index (κ2) is 10.8. The number of carbonyl (C=O) groups excluding carboxylic acids is 2. The summed E-state index contributed by atoms with van der Waals surface area (Å²) in [6, 6.07) is 12.0. The molecule has 0 radical (unpaired) electrons.